The summed E-state index contributed by atoms with van der Waals surface area (Å²) in [6.45, 7) is 0.426. The predicted octanol–water partition coefficient (Wildman–Crippen LogP) is 4.42. The molecule has 2 amide bonds. The molecule has 1 fully saturated rings. The topological polar surface area (TPSA) is 67.2 Å². The summed E-state index contributed by atoms with van der Waals surface area (Å²) in [5, 5.41) is 7.33. The van der Waals surface area contributed by atoms with Gasteiger partial charge in [-0.3, -0.25) is 9.59 Å². The maximum atomic E-state index is 13.7. The molecular formula is C25H26N4O2. The van der Waals surface area contributed by atoms with Gasteiger partial charge in [0.25, 0.3) is 5.91 Å². The number of para-hydroxylation sites is 1. The monoisotopic (exact) mass is 414 g/mol. The van der Waals surface area contributed by atoms with Crippen LogP contribution < -0.4 is 5.32 Å². The molecule has 6 heteroatoms. The fourth-order valence-corrected chi connectivity index (χ4v) is 4.87. The van der Waals surface area contributed by atoms with E-state index in [1.54, 1.807) is 15.8 Å². The highest BCUT2D eigenvalue weighted by atomic mass is 16.2. The molecule has 0 spiro atoms. The summed E-state index contributed by atoms with van der Waals surface area (Å²) in [4.78, 5) is 28.8. The molecule has 1 N–H and O–H groups in total. The number of benzene rings is 2. The van der Waals surface area contributed by atoms with E-state index in [1.165, 1.54) is 6.42 Å². The van der Waals surface area contributed by atoms with Gasteiger partial charge in [0.2, 0.25) is 5.91 Å². The molecule has 3 aromatic rings. The van der Waals surface area contributed by atoms with Gasteiger partial charge in [0.1, 0.15) is 6.04 Å². The zero-order valence-corrected chi connectivity index (χ0v) is 17.4. The zero-order chi connectivity index (χ0) is 21.2. The molecule has 1 aliphatic carbocycles. The second-order valence-electron chi connectivity index (χ2n) is 8.42. The van der Waals surface area contributed by atoms with Crippen LogP contribution in [0.3, 0.4) is 0 Å². The van der Waals surface area contributed by atoms with Gasteiger partial charge in [-0.05, 0) is 60.7 Å². The van der Waals surface area contributed by atoms with E-state index in [9.17, 15) is 9.59 Å². The fraction of sp³-hybridized carbons (Fsp3) is 0.320. The van der Waals surface area contributed by atoms with Gasteiger partial charge < -0.3 is 10.2 Å². The van der Waals surface area contributed by atoms with E-state index in [2.05, 4.69) is 10.4 Å². The molecule has 158 valence electrons. The molecule has 31 heavy (non-hydrogen) atoms. The van der Waals surface area contributed by atoms with Crippen LogP contribution in [0.2, 0.25) is 0 Å². The summed E-state index contributed by atoms with van der Waals surface area (Å²) in [5.74, 6) is 0.0168. The molecule has 0 unspecified atom stereocenters. The van der Waals surface area contributed by atoms with Crippen molar-refractivity contribution in [3.05, 3.63) is 78.1 Å². The standard InChI is InChI=1S/C25H26N4O2/c30-24-23(18-7-2-1-3-8-18)28(17-20-9-4-5-10-22(20)27-24)25(31)19-11-13-21(14-12-19)29-16-6-15-26-29/h4-6,9-16,18,23H,1-3,7-8,17H2,(H,27,30)/t23-/m0/s1. The lowest BCUT2D eigenvalue weighted by molar-refractivity contribution is -0.122. The lowest BCUT2D eigenvalue weighted by atomic mass is 9.82. The summed E-state index contributed by atoms with van der Waals surface area (Å²) < 4.78 is 1.76. The van der Waals surface area contributed by atoms with Crippen molar-refractivity contribution in [3.8, 4) is 5.69 Å². The van der Waals surface area contributed by atoms with Crippen LogP contribution >= 0.6 is 0 Å². The molecule has 5 rings (SSSR count). The average Bonchev–Trinajstić information content (AvgIpc) is 3.30. The molecule has 1 aromatic heterocycles. The number of rotatable bonds is 3. The van der Waals surface area contributed by atoms with E-state index in [4.69, 9.17) is 0 Å². The van der Waals surface area contributed by atoms with Gasteiger partial charge in [0.15, 0.2) is 0 Å². The highest BCUT2D eigenvalue weighted by Gasteiger charge is 2.39. The van der Waals surface area contributed by atoms with Crippen LogP contribution in [0, 0.1) is 5.92 Å². The molecule has 0 bridgehead atoms. The SMILES string of the molecule is O=C1Nc2ccccc2CN(C(=O)c2ccc(-n3cccn3)cc2)[C@H]1C1CCCCC1. The van der Waals surface area contributed by atoms with Gasteiger partial charge in [-0.15, -0.1) is 0 Å². The second-order valence-corrected chi connectivity index (χ2v) is 8.42. The summed E-state index contributed by atoms with van der Waals surface area (Å²) in [5.41, 5.74) is 3.25. The van der Waals surface area contributed by atoms with E-state index in [1.807, 2.05) is 60.8 Å². The lowest BCUT2D eigenvalue weighted by Gasteiger charge is -2.36. The van der Waals surface area contributed by atoms with Crippen LogP contribution in [-0.2, 0) is 11.3 Å². The van der Waals surface area contributed by atoms with Gasteiger partial charge in [0.05, 0.1) is 5.69 Å². The van der Waals surface area contributed by atoms with Crippen molar-refractivity contribution in [1.29, 1.82) is 0 Å². The van der Waals surface area contributed by atoms with Crippen LogP contribution in [0.4, 0.5) is 5.69 Å². The normalized spacial score (nSPS) is 19.4. The number of fused-ring (bicyclic) bond motifs is 1. The minimum absolute atomic E-state index is 0.0710. The van der Waals surface area contributed by atoms with Gasteiger partial charge in [-0.2, -0.15) is 5.10 Å². The van der Waals surface area contributed by atoms with Crippen LogP contribution in [0.25, 0.3) is 5.69 Å². The summed E-state index contributed by atoms with van der Waals surface area (Å²) >= 11 is 0. The minimum atomic E-state index is -0.453. The molecule has 2 heterocycles. The molecule has 2 aliphatic rings. The highest BCUT2D eigenvalue weighted by Crippen LogP contribution is 2.34. The Kier molecular flexibility index (Phi) is 5.28. The Labute approximate surface area is 181 Å². The average molecular weight is 415 g/mol. The van der Waals surface area contributed by atoms with E-state index >= 15 is 0 Å². The predicted molar refractivity (Wildman–Crippen MR) is 119 cm³/mol. The maximum absolute atomic E-state index is 13.7. The molecule has 0 saturated heterocycles. The van der Waals surface area contributed by atoms with Crippen molar-refractivity contribution in [1.82, 2.24) is 14.7 Å². The van der Waals surface area contributed by atoms with E-state index < -0.39 is 6.04 Å². The van der Waals surface area contributed by atoms with Crippen molar-refractivity contribution in [2.75, 3.05) is 5.32 Å². The number of nitrogens with zero attached hydrogens (tertiary/aromatic N) is 3. The third kappa shape index (κ3) is 3.85. The number of hydrogen-bond donors (Lipinski definition) is 1. The summed E-state index contributed by atoms with van der Waals surface area (Å²) in [6.07, 6.45) is 8.98. The quantitative estimate of drug-likeness (QED) is 0.690. The second kappa shape index (κ2) is 8.38. The number of carbonyl (C=O) groups is 2. The number of nitrogens with one attached hydrogen (secondary N) is 1. The van der Waals surface area contributed by atoms with Crippen molar-refractivity contribution >= 4 is 17.5 Å². The maximum Gasteiger partial charge on any atom is 0.254 e. The highest BCUT2D eigenvalue weighted by molar-refractivity contribution is 6.02. The van der Waals surface area contributed by atoms with E-state index in [-0.39, 0.29) is 17.7 Å². The first kappa shape index (κ1) is 19.5. The first-order valence-corrected chi connectivity index (χ1v) is 11.0. The van der Waals surface area contributed by atoms with Gasteiger partial charge >= 0.3 is 0 Å². The number of amides is 2. The number of carbonyl (C=O) groups excluding carboxylic acids is 2. The Morgan fingerprint density at radius 2 is 1.74 bits per heavy atom. The summed E-state index contributed by atoms with van der Waals surface area (Å²) in [6, 6.07) is 16.6. The summed E-state index contributed by atoms with van der Waals surface area (Å²) in [7, 11) is 0. The molecule has 1 atom stereocenters. The molecule has 0 radical (unpaired) electrons. The Hall–Kier alpha value is -3.41. The fourth-order valence-electron chi connectivity index (χ4n) is 4.87. The van der Waals surface area contributed by atoms with Crippen molar-refractivity contribution in [2.24, 2.45) is 5.92 Å². The van der Waals surface area contributed by atoms with Crippen LogP contribution in [-0.4, -0.2) is 32.5 Å². The number of aromatic nitrogens is 2. The van der Waals surface area contributed by atoms with Crippen LogP contribution in [0.5, 0.6) is 0 Å². The molecule has 1 aliphatic heterocycles. The van der Waals surface area contributed by atoms with Crippen molar-refractivity contribution in [2.45, 2.75) is 44.7 Å². The van der Waals surface area contributed by atoms with Crippen molar-refractivity contribution < 1.29 is 9.59 Å². The lowest BCUT2D eigenvalue weighted by Crippen LogP contribution is -2.50. The smallest absolute Gasteiger partial charge is 0.254 e. The van der Waals surface area contributed by atoms with Gasteiger partial charge in [-0.1, -0.05) is 37.5 Å². The molecule has 1 saturated carbocycles. The third-order valence-corrected chi connectivity index (χ3v) is 6.46. The first-order chi connectivity index (χ1) is 15.2. The number of anilines is 1. The Bertz CT molecular complexity index is 1070. The van der Waals surface area contributed by atoms with E-state index in [0.717, 1.165) is 42.6 Å². The molecule has 6 nitrogen and oxygen atoms in total. The molecular weight excluding hydrogens is 388 g/mol. The first-order valence-electron chi connectivity index (χ1n) is 11.0. The molecule has 2 aromatic carbocycles. The minimum Gasteiger partial charge on any atom is -0.324 e. The Morgan fingerprint density at radius 3 is 2.48 bits per heavy atom. The number of hydrogen-bond acceptors (Lipinski definition) is 3. The largest absolute Gasteiger partial charge is 0.324 e. The van der Waals surface area contributed by atoms with Gasteiger partial charge in [-0.25, -0.2) is 4.68 Å². The third-order valence-electron chi connectivity index (χ3n) is 6.46. The van der Waals surface area contributed by atoms with E-state index in [0.29, 0.717) is 12.1 Å². The Morgan fingerprint density at radius 1 is 0.968 bits per heavy atom. The Balaban J connectivity index is 1.49. The van der Waals surface area contributed by atoms with Crippen LogP contribution in [0.1, 0.15) is 48.0 Å². The zero-order valence-electron chi connectivity index (χ0n) is 17.4. The van der Waals surface area contributed by atoms with Gasteiger partial charge in [0, 0.05) is 30.2 Å². The van der Waals surface area contributed by atoms with Crippen LogP contribution in [0.15, 0.2) is 67.0 Å². The van der Waals surface area contributed by atoms with Crippen molar-refractivity contribution in [3.63, 3.8) is 0 Å².